The van der Waals surface area contributed by atoms with Crippen molar-refractivity contribution >= 4 is 24.1 Å². The number of nitrogens with zero attached hydrogens (tertiary/aromatic N) is 2. The minimum Gasteiger partial charge on any atom is -0.494 e. The van der Waals surface area contributed by atoms with Gasteiger partial charge in [-0.05, 0) is 17.8 Å². The molecule has 4 N–H and O–H groups in total. The first-order valence-electron chi connectivity index (χ1n) is 7.42. The lowest BCUT2D eigenvalue weighted by Gasteiger charge is -2.11. The molecule has 0 radical (unpaired) electrons. The summed E-state index contributed by atoms with van der Waals surface area (Å²) in [6, 6.07) is 9.23. The number of rotatable bonds is 4. The molecule has 0 fully saturated rings. The van der Waals surface area contributed by atoms with E-state index in [1.807, 2.05) is 35.3 Å². The van der Waals surface area contributed by atoms with E-state index < -0.39 is 16.8 Å². The van der Waals surface area contributed by atoms with Gasteiger partial charge in [0.05, 0.1) is 6.54 Å². The van der Waals surface area contributed by atoms with E-state index >= 15 is 0 Å². The average Bonchev–Trinajstić information content (AvgIpc) is 2.61. The van der Waals surface area contributed by atoms with E-state index in [2.05, 4.69) is 15.0 Å². The van der Waals surface area contributed by atoms with Crippen molar-refractivity contribution in [2.45, 2.75) is 6.54 Å². The van der Waals surface area contributed by atoms with Crippen molar-refractivity contribution in [2.24, 2.45) is 4.99 Å². The van der Waals surface area contributed by atoms with Crippen LogP contribution in [0.1, 0.15) is 11.1 Å². The molecule has 10 heteroatoms. The second kappa shape index (κ2) is 7.15. The molecule has 0 aliphatic rings. The van der Waals surface area contributed by atoms with Gasteiger partial charge in [0.1, 0.15) is 11.3 Å². The topological polar surface area (TPSA) is 136 Å². The number of benzene rings is 1. The van der Waals surface area contributed by atoms with Crippen LogP contribution in [0.15, 0.2) is 55.9 Å². The number of hydrogen-bond acceptors (Lipinski definition) is 6. The van der Waals surface area contributed by atoms with Crippen molar-refractivity contribution in [3.8, 4) is 5.88 Å². The number of hydrogen-bond donors (Lipinski definition) is 4. The van der Waals surface area contributed by atoms with Gasteiger partial charge >= 0.3 is 5.69 Å². The molecule has 0 spiro atoms. The number of aromatic hydroxyl groups is 1. The number of aromatic nitrogens is 4. The van der Waals surface area contributed by atoms with Crippen LogP contribution in [0.4, 0.5) is 5.69 Å². The van der Waals surface area contributed by atoms with Crippen molar-refractivity contribution in [1.82, 2.24) is 19.5 Å². The molecule has 0 aliphatic carbocycles. The zero-order valence-corrected chi connectivity index (χ0v) is 14.0. The lowest BCUT2D eigenvalue weighted by Crippen LogP contribution is -2.21. The molecule has 2 heterocycles. The van der Waals surface area contributed by atoms with Crippen LogP contribution in [0.5, 0.6) is 5.88 Å². The summed E-state index contributed by atoms with van der Waals surface area (Å²) in [7, 11) is 0. The van der Waals surface area contributed by atoms with E-state index in [1.54, 1.807) is 0 Å². The van der Waals surface area contributed by atoms with Crippen molar-refractivity contribution < 1.29 is 5.11 Å². The van der Waals surface area contributed by atoms with Crippen LogP contribution >= 0.6 is 12.2 Å². The van der Waals surface area contributed by atoms with Crippen LogP contribution in [0.2, 0.25) is 0 Å². The molecule has 9 nitrogen and oxygen atoms in total. The predicted octanol–water partition coefficient (Wildman–Crippen LogP) is 0.787. The minimum atomic E-state index is -0.724. The summed E-state index contributed by atoms with van der Waals surface area (Å²) in [5, 5.41) is 10.4. The summed E-state index contributed by atoms with van der Waals surface area (Å²) in [6.07, 6.45) is 2.13. The van der Waals surface area contributed by atoms with Crippen molar-refractivity contribution in [2.75, 3.05) is 0 Å². The quantitative estimate of drug-likeness (QED) is 0.397. The van der Waals surface area contributed by atoms with Crippen LogP contribution in [0, 0.1) is 4.77 Å². The van der Waals surface area contributed by atoms with Gasteiger partial charge in [-0.15, -0.1) is 0 Å². The van der Waals surface area contributed by atoms with Gasteiger partial charge in [-0.3, -0.25) is 24.1 Å². The summed E-state index contributed by atoms with van der Waals surface area (Å²) >= 11 is 5.11. The van der Waals surface area contributed by atoms with E-state index in [1.165, 1.54) is 4.57 Å². The van der Waals surface area contributed by atoms with E-state index in [4.69, 9.17) is 12.2 Å². The zero-order valence-electron chi connectivity index (χ0n) is 13.2. The first kappa shape index (κ1) is 17.3. The lowest BCUT2D eigenvalue weighted by atomic mass is 10.2. The van der Waals surface area contributed by atoms with Gasteiger partial charge < -0.3 is 10.1 Å². The zero-order chi connectivity index (χ0) is 18.7. The van der Waals surface area contributed by atoms with Crippen LogP contribution in [0.25, 0.3) is 0 Å². The maximum absolute atomic E-state index is 12.1. The fourth-order valence-electron chi connectivity index (χ4n) is 2.24. The third-order valence-electron chi connectivity index (χ3n) is 3.52. The van der Waals surface area contributed by atoms with Gasteiger partial charge in [-0.2, -0.15) is 0 Å². The normalized spacial score (nSPS) is 11.1. The first-order valence-corrected chi connectivity index (χ1v) is 7.82. The van der Waals surface area contributed by atoms with E-state index in [0.717, 1.165) is 18.0 Å². The van der Waals surface area contributed by atoms with Crippen molar-refractivity contribution in [3.05, 3.63) is 83.6 Å². The number of nitrogens with one attached hydrogen (secondary N) is 3. The standard InChI is InChI=1S/C16H13N5O4S/c22-12-10(6-17-11-7-18-15(25)19-13(11)23)14(24)21(16(26)20-12)8-9-4-2-1-3-5-9/h1-7,24H,8H2,(H,20,22,26)(H2,18,19,23,25). The van der Waals surface area contributed by atoms with Gasteiger partial charge in [0.2, 0.25) is 5.88 Å². The Balaban J connectivity index is 2.05. The molecule has 0 unspecified atom stereocenters. The summed E-state index contributed by atoms with van der Waals surface area (Å²) in [5.74, 6) is -0.382. The maximum Gasteiger partial charge on any atom is 0.325 e. The second-order valence-electron chi connectivity index (χ2n) is 5.28. The van der Waals surface area contributed by atoms with E-state index in [9.17, 15) is 19.5 Å². The Morgan fingerprint density at radius 3 is 2.54 bits per heavy atom. The fraction of sp³-hybridized carbons (Fsp3) is 0.0625. The van der Waals surface area contributed by atoms with Gasteiger partial charge in [0, 0.05) is 12.4 Å². The van der Waals surface area contributed by atoms with E-state index in [0.29, 0.717) is 0 Å². The molecular formula is C16H13N5O4S. The lowest BCUT2D eigenvalue weighted by molar-refractivity contribution is 0.412. The molecule has 3 aromatic rings. The molecule has 132 valence electrons. The molecule has 0 bridgehead atoms. The van der Waals surface area contributed by atoms with Gasteiger partial charge in [-0.25, -0.2) is 9.79 Å². The summed E-state index contributed by atoms with van der Waals surface area (Å²) in [4.78, 5) is 45.3. The fourth-order valence-corrected chi connectivity index (χ4v) is 2.48. The highest BCUT2D eigenvalue weighted by molar-refractivity contribution is 7.71. The van der Waals surface area contributed by atoms with Crippen molar-refractivity contribution in [3.63, 3.8) is 0 Å². The number of H-pyrrole nitrogens is 3. The highest BCUT2D eigenvalue weighted by Crippen LogP contribution is 2.15. The smallest absolute Gasteiger partial charge is 0.325 e. The Bertz CT molecular complexity index is 1200. The van der Waals surface area contributed by atoms with Gasteiger partial charge in [0.15, 0.2) is 4.77 Å². The van der Waals surface area contributed by atoms with Crippen LogP contribution < -0.4 is 16.8 Å². The summed E-state index contributed by atoms with van der Waals surface area (Å²) in [6.45, 7) is 0.238. The molecule has 0 atom stereocenters. The molecule has 0 aliphatic heterocycles. The van der Waals surface area contributed by atoms with Gasteiger partial charge in [0.25, 0.3) is 11.1 Å². The third kappa shape index (κ3) is 3.59. The molecule has 0 saturated heterocycles. The summed E-state index contributed by atoms with van der Waals surface area (Å²) in [5.41, 5.74) is -1.48. The maximum atomic E-state index is 12.1. The predicted molar refractivity (Wildman–Crippen MR) is 98.0 cm³/mol. The molecule has 2 aromatic heterocycles. The average molecular weight is 371 g/mol. The monoisotopic (exact) mass is 371 g/mol. The SMILES string of the molecule is O=c1[nH]cc(N=Cc2c(O)n(Cc3ccccc3)c(=S)[nH]c2=O)c(=O)[nH]1. The highest BCUT2D eigenvalue weighted by Gasteiger charge is 2.11. The highest BCUT2D eigenvalue weighted by atomic mass is 32.1. The number of aromatic amines is 3. The minimum absolute atomic E-state index is 0.0513. The first-order chi connectivity index (χ1) is 12.5. The van der Waals surface area contributed by atoms with Crippen LogP contribution in [0.3, 0.4) is 0 Å². The second-order valence-corrected chi connectivity index (χ2v) is 5.67. The van der Waals surface area contributed by atoms with E-state index in [-0.39, 0.29) is 28.4 Å². The molecule has 26 heavy (non-hydrogen) atoms. The largest absolute Gasteiger partial charge is 0.494 e. The third-order valence-corrected chi connectivity index (χ3v) is 3.85. The van der Waals surface area contributed by atoms with Gasteiger partial charge in [-0.1, -0.05) is 30.3 Å². The van der Waals surface area contributed by atoms with Crippen LogP contribution in [-0.4, -0.2) is 30.8 Å². The number of aliphatic imine (C=N–C) groups is 1. The molecule has 3 rings (SSSR count). The molecular weight excluding hydrogens is 358 g/mol. The van der Waals surface area contributed by atoms with Crippen molar-refractivity contribution in [1.29, 1.82) is 0 Å². The van der Waals surface area contributed by atoms with Crippen LogP contribution in [-0.2, 0) is 6.54 Å². The molecule has 1 aromatic carbocycles. The Hall–Kier alpha value is -3.53. The Kier molecular flexibility index (Phi) is 4.76. The molecule has 0 saturated carbocycles. The Morgan fingerprint density at radius 1 is 1.12 bits per heavy atom. The Labute approximate surface area is 150 Å². The summed E-state index contributed by atoms with van der Waals surface area (Å²) < 4.78 is 1.39. The Morgan fingerprint density at radius 2 is 1.85 bits per heavy atom. The molecule has 0 amide bonds.